The second-order valence-corrected chi connectivity index (χ2v) is 14.4. The van der Waals surface area contributed by atoms with E-state index in [-0.39, 0.29) is 11.5 Å². The van der Waals surface area contributed by atoms with Gasteiger partial charge in [-0.2, -0.15) is 0 Å². The van der Waals surface area contributed by atoms with Gasteiger partial charge in [-0.15, -0.1) is 0 Å². The van der Waals surface area contributed by atoms with Crippen molar-refractivity contribution in [1.82, 2.24) is 5.32 Å². The molecule has 0 bridgehead atoms. The maximum Gasteiger partial charge on any atom is 0.408 e. The summed E-state index contributed by atoms with van der Waals surface area (Å²) in [5.41, 5.74) is 0.668. The average molecular weight is 534 g/mol. The summed E-state index contributed by atoms with van der Waals surface area (Å²) >= 11 is 0. The molecule has 0 unspecified atom stereocenters. The number of nitrogens with one attached hydrogen (secondary N) is 1. The zero-order valence-electron chi connectivity index (χ0n) is 24.7. The van der Waals surface area contributed by atoms with Crippen LogP contribution in [0.15, 0.2) is 11.6 Å². The summed E-state index contributed by atoms with van der Waals surface area (Å²) in [5, 5.41) is 31.0. The number of amides is 1. The fraction of sp³-hybridized carbons (Fsp3) is 0.906. The van der Waals surface area contributed by atoms with Gasteiger partial charge in [0.1, 0.15) is 11.6 Å². The van der Waals surface area contributed by atoms with Crippen molar-refractivity contribution in [3.63, 3.8) is 0 Å². The normalized spacial score (nSPS) is 37.6. The zero-order valence-corrected chi connectivity index (χ0v) is 24.7. The standard InChI is InChI=1S/C32H55NO5/c1-21(2)7-6-8-22(3)26-11-12-27-25-10-9-23-17-24(38-29(37)33-32(18-34,19-35)20-36)13-15-30(23,4)28(25)14-16-31(26,27)5/h9,21-22,24-28,34-36H,6-8,10-20H2,1-5H3,(H,33,37)/t22-,24+,25+,26+,27+,28+,30-,31+/m0/s1. The van der Waals surface area contributed by atoms with Crippen LogP contribution in [0.2, 0.25) is 0 Å². The summed E-state index contributed by atoms with van der Waals surface area (Å²) in [6.07, 6.45) is 15.0. The lowest BCUT2D eigenvalue weighted by Gasteiger charge is -2.58. The number of carbonyl (C=O) groups is 1. The van der Waals surface area contributed by atoms with Crippen molar-refractivity contribution in [2.24, 2.45) is 46.3 Å². The molecule has 4 aliphatic carbocycles. The maximum absolute atomic E-state index is 12.5. The van der Waals surface area contributed by atoms with Crippen LogP contribution in [-0.2, 0) is 4.74 Å². The van der Waals surface area contributed by atoms with Crippen molar-refractivity contribution in [1.29, 1.82) is 0 Å². The molecular weight excluding hydrogens is 478 g/mol. The second-order valence-electron chi connectivity index (χ2n) is 14.4. The van der Waals surface area contributed by atoms with E-state index < -0.39 is 31.5 Å². The number of carbonyl (C=O) groups excluding carboxylic acids is 1. The number of rotatable bonds is 10. The van der Waals surface area contributed by atoms with Gasteiger partial charge < -0.3 is 25.4 Å². The molecule has 3 fully saturated rings. The van der Waals surface area contributed by atoms with Crippen LogP contribution < -0.4 is 5.32 Å². The lowest BCUT2D eigenvalue weighted by atomic mass is 9.47. The summed E-state index contributed by atoms with van der Waals surface area (Å²) in [6.45, 7) is 10.7. The summed E-state index contributed by atoms with van der Waals surface area (Å²) in [7, 11) is 0. The van der Waals surface area contributed by atoms with Gasteiger partial charge in [-0.3, -0.25) is 0 Å². The van der Waals surface area contributed by atoms with Gasteiger partial charge in [-0.05, 0) is 91.3 Å². The van der Waals surface area contributed by atoms with Gasteiger partial charge in [0.2, 0.25) is 0 Å². The summed E-state index contributed by atoms with van der Waals surface area (Å²) in [4.78, 5) is 12.5. The van der Waals surface area contributed by atoms with Crippen molar-refractivity contribution >= 4 is 6.09 Å². The van der Waals surface area contributed by atoms with Crippen LogP contribution in [0.1, 0.15) is 105 Å². The Hall–Kier alpha value is -1.11. The molecule has 0 heterocycles. The number of allylic oxidation sites excluding steroid dienone is 1. The molecule has 0 aliphatic heterocycles. The Bertz CT molecular complexity index is 845. The maximum atomic E-state index is 12.5. The molecule has 218 valence electrons. The lowest BCUT2D eigenvalue weighted by Crippen LogP contribution is -2.57. The molecule has 0 aromatic rings. The number of ether oxygens (including phenoxy) is 1. The van der Waals surface area contributed by atoms with Crippen LogP contribution in [0.4, 0.5) is 4.79 Å². The fourth-order valence-corrected chi connectivity index (χ4v) is 9.42. The van der Waals surface area contributed by atoms with Gasteiger partial charge in [0.15, 0.2) is 0 Å². The highest BCUT2D eigenvalue weighted by atomic mass is 16.6. The molecular formula is C32H55NO5. The SMILES string of the molecule is CC(C)CCC[C@H](C)[C@H]1CC[C@@H]2[C@H]3CC=C4C[C@H](OC(=O)NC(CO)(CO)CO)CC[C@]4(C)[C@@H]3CC[C@@]21C. The Balaban J connectivity index is 1.40. The third kappa shape index (κ3) is 5.56. The van der Waals surface area contributed by atoms with Crippen LogP contribution in [0.25, 0.3) is 0 Å². The average Bonchev–Trinajstić information content (AvgIpc) is 3.24. The smallest absolute Gasteiger partial charge is 0.408 e. The number of hydrogen-bond donors (Lipinski definition) is 4. The zero-order chi connectivity index (χ0) is 27.7. The topological polar surface area (TPSA) is 99.0 Å². The van der Waals surface area contributed by atoms with E-state index in [1.165, 1.54) is 50.5 Å². The summed E-state index contributed by atoms with van der Waals surface area (Å²) in [6, 6.07) is 0. The molecule has 0 aromatic heterocycles. The molecule has 38 heavy (non-hydrogen) atoms. The molecule has 0 saturated heterocycles. The number of aliphatic hydroxyl groups excluding tert-OH is 3. The molecule has 6 heteroatoms. The van der Waals surface area contributed by atoms with Crippen LogP contribution in [0, 0.1) is 46.3 Å². The second kappa shape index (κ2) is 11.8. The minimum atomic E-state index is -1.46. The molecule has 6 nitrogen and oxygen atoms in total. The van der Waals surface area contributed by atoms with Gasteiger partial charge in [0.25, 0.3) is 0 Å². The van der Waals surface area contributed by atoms with E-state index in [1.54, 1.807) is 0 Å². The van der Waals surface area contributed by atoms with Gasteiger partial charge in [-0.1, -0.05) is 65.5 Å². The predicted octanol–water partition coefficient (Wildman–Crippen LogP) is 5.84. The van der Waals surface area contributed by atoms with E-state index in [0.29, 0.717) is 5.41 Å². The molecule has 8 atom stereocenters. The molecule has 1 amide bonds. The highest BCUT2D eigenvalue weighted by Crippen LogP contribution is 2.67. The molecule has 0 aromatic carbocycles. The lowest BCUT2D eigenvalue weighted by molar-refractivity contribution is -0.0588. The molecule has 0 spiro atoms. The summed E-state index contributed by atoms with van der Waals surface area (Å²) < 4.78 is 5.73. The minimum Gasteiger partial charge on any atom is -0.446 e. The predicted molar refractivity (Wildman–Crippen MR) is 150 cm³/mol. The fourth-order valence-electron chi connectivity index (χ4n) is 9.42. The van der Waals surface area contributed by atoms with Crippen molar-refractivity contribution in [2.75, 3.05) is 19.8 Å². The monoisotopic (exact) mass is 533 g/mol. The van der Waals surface area contributed by atoms with E-state index in [1.807, 2.05) is 0 Å². The highest BCUT2D eigenvalue weighted by molar-refractivity contribution is 5.68. The Morgan fingerprint density at radius 2 is 1.74 bits per heavy atom. The Labute approximate surface area is 231 Å². The van der Waals surface area contributed by atoms with Crippen molar-refractivity contribution in [3.05, 3.63) is 11.6 Å². The number of hydrogen-bond acceptors (Lipinski definition) is 5. The van der Waals surface area contributed by atoms with Gasteiger partial charge in [0, 0.05) is 6.42 Å². The van der Waals surface area contributed by atoms with E-state index in [2.05, 4.69) is 46.0 Å². The largest absolute Gasteiger partial charge is 0.446 e. The van der Waals surface area contributed by atoms with Crippen LogP contribution in [0.3, 0.4) is 0 Å². The number of fused-ring (bicyclic) bond motifs is 5. The first-order chi connectivity index (χ1) is 18.0. The third-order valence-corrected chi connectivity index (χ3v) is 11.8. The Morgan fingerprint density at radius 1 is 1.03 bits per heavy atom. The van der Waals surface area contributed by atoms with Gasteiger partial charge in [0.05, 0.1) is 19.8 Å². The Morgan fingerprint density at radius 3 is 2.39 bits per heavy atom. The van der Waals surface area contributed by atoms with E-state index in [0.717, 1.165) is 61.2 Å². The van der Waals surface area contributed by atoms with Crippen LogP contribution in [0.5, 0.6) is 0 Å². The van der Waals surface area contributed by atoms with Crippen LogP contribution >= 0.6 is 0 Å². The summed E-state index contributed by atoms with van der Waals surface area (Å²) in [5.74, 6) is 4.82. The van der Waals surface area contributed by atoms with Crippen LogP contribution in [-0.4, -0.2) is 52.9 Å². The van der Waals surface area contributed by atoms with Gasteiger partial charge >= 0.3 is 6.09 Å². The first-order valence-corrected chi connectivity index (χ1v) is 15.5. The number of alkyl carbamates (subject to hydrolysis) is 1. The van der Waals surface area contributed by atoms with Gasteiger partial charge in [-0.25, -0.2) is 4.79 Å². The molecule has 3 saturated carbocycles. The minimum absolute atomic E-state index is 0.187. The first-order valence-electron chi connectivity index (χ1n) is 15.5. The number of aliphatic hydroxyl groups is 3. The molecule has 4 rings (SSSR count). The molecule has 4 aliphatic rings. The molecule has 4 N–H and O–H groups in total. The van der Waals surface area contributed by atoms with E-state index >= 15 is 0 Å². The first kappa shape index (κ1) is 29.9. The quantitative estimate of drug-likeness (QED) is 0.265. The Kier molecular flexibility index (Phi) is 9.26. The molecule has 0 radical (unpaired) electrons. The third-order valence-electron chi connectivity index (χ3n) is 11.8. The van der Waals surface area contributed by atoms with E-state index in [4.69, 9.17) is 4.74 Å². The van der Waals surface area contributed by atoms with Crippen molar-refractivity contribution < 1.29 is 24.9 Å². The van der Waals surface area contributed by atoms with Crippen molar-refractivity contribution in [2.45, 2.75) is 117 Å². The highest BCUT2D eigenvalue weighted by Gasteiger charge is 2.59. The van der Waals surface area contributed by atoms with Crippen molar-refractivity contribution in [3.8, 4) is 0 Å². The van der Waals surface area contributed by atoms with E-state index in [9.17, 15) is 20.1 Å².